The maximum Gasteiger partial charge on any atom is 0.244 e. The third kappa shape index (κ3) is 2.88. The molecule has 0 saturated carbocycles. The molecule has 1 aromatic rings. The van der Waals surface area contributed by atoms with Gasteiger partial charge in [0.25, 0.3) is 0 Å². The zero-order valence-electron chi connectivity index (χ0n) is 8.09. The van der Waals surface area contributed by atoms with Crippen molar-refractivity contribution in [2.75, 3.05) is 20.2 Å². The molecular formula is C8H11ClN2O3S. The van der Waals surface area contributed by atoms with Gasteiger partial charge in [-0.1, -0.05) is 11.6 Å². The fraction of sp³-hybridized carbons (Fsp3) is 0.375. The fourth-order valence-electron chi connectivity index (χ4n) is 0.956. The summed E-state index contributed by atoms with van der Waals surface area (Å²) in [6, 6.07) is 2.78. The lowest BCUT2D eigenvalue weighted by molar-refractivity contribution is 0.266. The molecule has 0 saturated heterocycles. The van der Waals surface area contributed by atoms with Crippen molar-refractivity contribution < 1.29 is 13.5 Å². The van der Waals surface area contributed by atoms with Gasteiger partial charge in [0.1, 0.15) is 10.0 Å². The van der Waals surface area contributed by atoms with Gasteiger partial charge in [-0.05, 0) is 12.1 Å². The first-order chi connectivity index (χ1) is 6.98. The van der Waals surface area contributed by atoms with Gasteiger partial charge in [-0.2, -0.15) is 4.31 Å². The first-order valence-corrected chi connectivity index (χ1v) is 5.99. The summed E-state index contributed by atoms with van der Waals surface area (Å²) in [5.41, 5.74) is 0. The molecule has 0 bridgehead atoms. The summed E-state index contributed by atoms with van der Waals surface area (Å²) in [6.45, 7) is -0.179. The summed E-state index contributed by atoms with van der Waals surface area (Å²) in [4.78, 5) is 3.74. The maximum atomic E-state index is 11.8. The van der Waals surface area contributed by atoms with E-state index in [2.05, 4.69) is 4.98 Å². The summed E-state index contributed by atoms with van der Waals surface area (Å²) < 4.78 is 24.6. The predicted molar refractivity (Wildman–Crippen MR) is 56.1 cm³/mol. The van der Waals surface area contributed by atoms with Crippen LogP contribution in [0, 0.1) is 0 Å². The van der Waals surface area contributed by atoms with Crippen LogP contribution >= 0.6 is 11.6 Å². The highest BCUT2D eigenvalue weighted by atomic mass is 35.5. The van der Waals surface area contributed by atoms with Gasteiger partial charge in [0.15, 0.2) is 0 Å². The summed E-state index contributed by atoms with van der Waals surface area (Å²) in [6.07, 6.45) is 1.19. The first-order valence-electron chi connectivity index (χ1n) is 4.17. The molecule has 0 aliphatic rings. The van der Waals surface area contributed by atoms with Crippen LogP contribution < -0.4 is 0 Å². The lowest BCUT2D eigenvalue weighted by Gasteiger charge is -2.15. The molecule has 5 nitrogen and oxygen atoms in total. The Bertz CT molecular complexity index is 418. The standard InChI is InChI=1S/C8H11ClN2O3S/c1-11(4-5-12)15(13,14)7-2-3-8(9)10-6-7/h2-3,6,12H,4-5H2,1H3. The Morgan fingerprint density at radius 3 is 2.67 bits per heavy atom. The molecule has 1 rings (SSSR count). The lowest BCUT2D eigenvalue weighted by Crippen LogP contribution is -2.29. The van der Waals surface area contributed by atoms with Crippen LogP contribution in [0.1, 0.15) is 0 Å². The van der Waals surface area contributed by atoms with E-state index in [4.69, 9.17) is 16.7 Å². The highest BCUT2D eigenvalue weighted by molar-refractivity contribution is 7.89. The number of aliphatic hydroxyl groups is 1. The quantitative estimate of drug-likeness (QED) is 0.783. The highest BCUT2D eigenvalue weighted by Crippen LogP contribution is 2.14. The van der Waals surface area contributed by atoms with Crippen molar-refractivity contribution in [3.05, 3.63) is 23.5 Å². The van der Waals surface area contributed by atoms with E-state index >= 15 is 0 Å². The smallest absolute Gasteiger partial charge is 0.244 e. The summed E-state index contributed by atoms with van der Waals surface area (Å²) in [5, 5.41) is 8.88. The Kier molecular flexibility index (Phi) is 4.04. The van der Waals surface area contributed by atoms with Crippen molar-refractivity contribution in [2.45, 2.75) is 4.90 Å². The minimum absolute atomic E-state index is 0.0466. The van der Waals surface area contributed by atoms with E-state index in [0.29, 0.717) is 0 Å². The normalized spacial score (nSPS) is 12.0. The molecule has 0 unspecified atom stereocenters. The van der Waals surface area contributed by atoms with Gasteiger partial charge in [-0.3, -0.25) is 0 Å². The van der Waals surface area contributed by atoms with E-state index < -0.39 is 10.0 Å². The first kappa shape index (κ1) is 12.4. The molecule has 0 radical (unpaired) electrons. The van der Waals surface area contributed by atoms with Crippen LogP contribution in [-0.2, 0) is 10.0 Å². The molecule has 1 aromatic heterocycles. The van der Waals surface area contributed by atoms with Crippen LogP contribution in [0.5, 0.6) is 0 Å². The van der Waals surface area contributed by atoms with Crippen molar-refractivity contribution in [2.24, 2.45) is 0 Å². The number of hydrogen-bond acceptors (Lipinski definition) is 4. The Morgan fingerprint density at radius 1 is 1.53 bits per heavy atom. The summed E-state index contributed by atoms with van der Waals surface area (Å²) in [5.74, 6) is 0. The van der Waals surface area contributed by atoms with Crippen LogP contribution in [0.25, 0.3) is 0 Å². The van der Waals surface area contributed by atoms with Crippen molar-refractivity contribution >= 4 is 21.6 Å². The molecule has 15 heavy (non-hydrogen) atoms. The van der Waals surface area contributed by atoms with Gasteiger partial charge in [0.2, 0.25) is 10.0 Å². The van der Waals surface area contributed by atoms with Crippen LogP contribution in [-0.4, -0.2) is 43.0 Å². The van der Waals surface area contributed by atoms with Gasteiger partial charge in [0, 0.05) is 19.8 Å². The van der Waals surface area contributed by atoms with Crippen LogP contribution in [0.3, 0.4) is 0 Å². The largest absolute Gasteiger partial charge is 0.395 e. The third-order valence-electron chi connectivity index (χ3n) is 1.82. The van der Waals surface area contributed by atoms with Crippen LogP contribution in [0.2, 0.25) is 5.15 Å². The second-order valence-electron chi connectivity index (χ2n) is 2.87. The molecule has 0 fully saturated rings. The van der Waals surface area contributed by atoms with Crippen molar-refractivity contribution in [1.29, 1.82) is 0 Å². The van der Waals surface area contributed by atoms with E-state index in [1.54, 1.807) is 0 Å². The summed E-state index contributed by atoms with van der Waals surface area (Å²) >= 11 is 5.54. The molecule has 7 heteroatoms. The van der Waals surface area contributed by atoms with E-state index in [0.717, 1.165) is 4.31 Å². The molecule has 0 aliphatic carbocycles. The molecule has 0 spiro atoms. The topological polar surface area (TPSA) is 70.5 Å². The molecule has 0 amide bonds. The number of likely N-dealkylation sites (N-methyl/N-ethyl adjacent to an activating group) is 1. The SMILES string of the molecule is CN(CCO)S(=O)(=O)c1ccc(Cl)nc1. The average Bonchev–Trinajstić information content (AvgIpc) is 2.18. The number of aliphatic hydroxyl groups excluding tert-OH is 1. The number of nitrogens with zero attached hydrogens (tertiary/aromatic N) is 2. The third-order valence-corrected chi connectivity index (χ3v) is 3.89. The zero-order valence-corrected chi connectivity index (χ0v) is 9.66. The van der Waals surface area contributed by atoms with Gasteiger partial charge in [-0.15, -0.1) is 0 Å². The van der Waals surface area contributed by atoms with E-state index in [9.17, 15) is 8.42 Å². The Labute approximate surface area is 93.4 Å². The summed E-state index contributed by atoms with van der Waals surface area (Å²) in [7, 11) is -2.18. The number of pyridine rings is 1. The predicted octanol–water partition coefficient (Wildman–Crippen LogP) is 0.348. The van der Waals surface area contributed by atoms with Crippen molar-refractivity contribution in [3.8, 4) is 0 Å². The minimum Gasteiger partial charge on any atom is -0.395 e. The number of sulfonamides is 1. The molecule has 1 heterocycles. The number of rotatable bonds is 4. The van der Waals surface area contributed by atoms with E-state index in [1.807, 2.05) is 0 Å². The maximum absolute atomic E-state index is 11.8. The molecule has 0 aromatic carbocycles. The van der Waals surface area contributed by atoms with Gasteiger partial charge < -0.3 is 5.11 Å². The Morgan fingerprint density at radius 2 is 2.20 bits per heavy atom. The minimum atomic E-state index is -3.57. The van der Waals surface area contributed by atoms with Gasteiger partial charge in [0.05, 0.1) is 6.61 Å². The second-order valence-corrected chi connectivity index (χ2v) is 5.30. The zero-order chi connectivity index (χ0) is 11.5. The van der Waals surface area contributed by atoms with Gasteiger partial charge >= 0.3 is 0 Å². The second kappa shape index (κ2) is 4.89. The Balaban J connectivity index is 3.01. The monoisotopic (exact) mass is 250 g/mol. The number of hydrogen-bond donors (Lipinski definition) is 1. The van der Waals surface area contributed by atoms with Crippen molar-refractivity contribution in [1.82, 2.24) is 9.29 Å². The number of aromatic nitrogens is 1. The fourth-order valence-corrected chi connectivity index (χ4v) is 2.18. The van der Waals surface area contributed by atoms with Gasteiger partial charge in [-0.25, -0.2) is 13.4 Å². The molecule has 1 N–H and O–H groups in total. The lowest BCUT2D eigenvalue weighted by atomic mass is 10.5. The average molecular weight is 251 g/mol. The molecular weight excluding hydrogens is 240 g/mol. The molecule has 0 atom stereocenters. The molecule has 0 aliphatic heterocycles. The molecule has 84 valence electrons. The van der Waals surface area contributed by atoms with Crippen LogP contribution in [0.4, 0.5) is 0 Å². The van der Waals surface area contributed by atoms with Crippen LogP contribution in [0.15, 0.2) is 23.2 Å². The van der Waals surface area contributed by atoms with E-state index in [1.165, 1.54) is 25.4 Å². The number of halogens is 1. The Hall–Kier alpha value is -0.690. The van der Waals surface area contributed by atoms with E-state index in [-0.39, 0.29) is 23.2 Å². The van der Waals surface area contributed by atoms with Crippen molar-refractivity contribution in [3.63, 3.8) is 0 Å². The highest BCUT2D eigenvalue weighted by Gasteiger charge is 2.20.